The van der Waals surface area contributed by atoms with Gasteiger partial charge in [-0.1, -0.05) is 12.1 Å². The number of aldehydes is 1. The number of benzene rings is 1. The molecule has 0 fully saturated rings. The van der Waals surface area contributed by atoms with E-state index in [4.69, 9.17) is 5.11 Å². The molecule has 0 aliphatic carbocycles. The van der Waals surface area contributed by atoms with Crippen LogP contribution in [0.25, 0.3) is 10.9 Å². The molecule has 2 aromatic rings. The molecule has 0 aliphatic heterocycles. The van der Waals surface area contributed by atoms with Crippen LogP contribution in [0, 0.1) is 0 Å². The van der Waals surface area contributed by atoms with Gasteiger partial charge >= 0.3 is 5.97 Å². The number of carbonyl (C=O) groups is 2. The predicted molar refractivity (Wildman–Crippen MR) is 55.0 cm³/mol. The molecule has 1 aromatic carbocycles. The van der Waals surface area contributed by atoms with Crippen LogP contribution in [0.3, 0.4) is 0 Å². The molecule has 1 N–H and O–H groups in total. The number of aromatic nitrogens is 1. The number of fused-ring (bicyclic) bond motifs is 1. The summed E-state index contributed by atoms with van der Waals surface area (Å²) in [6.45, 7) is -0.0915. The second-order valence-corrected chi connectivity index (χ2v) is 3.24. The molecule has 0 spiro atoms. The van der Waals surface area contributed by atoms with Gasteiger partial charge in [0.2, 0.25) is 0 Å². The van der Waals surface area contributed by atoms with Crippen LogP contribution in [-0.2, 0) is 11.3 Å². The van der Waals surface area contributed by atoms with E-state index < -0.39 is 5.97 Å². The van der Waals surface area contributed by atoms with Gasteiger partial charge in [0.25, 0.3) is 0 Å². The number of carboxylic acid groups (broad SMARTS) is 1. The fourth-order valence-corrected chi connectivity index (χ4v) is 1.63. The van der Waals surface area contributed by atoms with Crippen LogP contribution < -0.4 is 0 Å². The molecule has 0 saturated carbocycles. The van der Waals surface area contributed by atoms with Crippen molar-refractivity contribution in [3.8, 4) is 0 Å². The second kappa shape index (κ2) is 3.57. The Kier molecular flexibility index (Phi) is 2.25. The molecule has 0 amide bonds. The van der Waals surface area contributed by atoms with Crippen molar-refractivity contribution in [2.45, 2.75) is 6.54 Å². The van der Waals surface area contributed by atoms with Gasteiger partial charge in [-0.2, -0.15) is 0 Å². The van der Waals surface area contributed by atoms with E-state index in [-0.39, 0.29) is 6.54 Å². The van der Waals surface area contributed by atoms with Crippen molar-refractivity contribution < 1.29 is 14.7 Å². The molecular formula is C11H9NO3. The Bertz CT molecular complexity index is 528. The lowest BCUT2D eigenvalue weighted by Crippen LogP contribution is -2.07. The number of hydrogen-bond donors (Lipinski definition) is 1. The largest absolute Gasteiger partial charge is 0.480 e. The maximum absolute atomic E-state index is 10.7. The van der Waals surface area contributed by atoms with Crippen LogP contribution in [0.15, 0.2) is 30.5 Å². The van der Waals surface area contributed by atoms with E-state index in [0.29, 0.717) is 5.56 Å². The van der Waals surface area contributed by atoms with E-state index in [2.05, 4.69) is 0 Å². The highest BCUT2D eigenvalue weighted by Gasteiger charge is 2.06. The van der Waals surface area contributed by atoms with Crippen molar-refractivity contribution in [2.24, 2.45) is 0 Å². The molecule has 0 atom stereocenters. The first kappa shape index (κ1) is 9.45. The lowest BCUT2D eigenvalue weighted by Gasteiger charge is -2.01. The van der Waals surface area contributed by atoms with E-state index in [1.165, 1.54) is 0 Å². The van der Waals surface area contributed by atoms with Gasteiger partial charge < -0.3 is 9.67 Å². The van der Waals surface area contributed by atoms with Crippen LogP contribution >= 0.6 is 0 Å². The summed E-state index contributed by atoms with van der Waals surface area (Å²) >= 11 is 0. The average molecular weight is 203 g/mol. The van der Waals surface area contributed by atoms with E-state index in [1.54, 1.807) is 35.0 Å². The fraction of sp³-hybridized carbons (Fsp3) is 0.0909. The first-order valence-electron chi connectivity index (χ1n) is 4.47. The van der Waals surface area contributed by atoms with Crippen LogP contribution in [0.5, 0.6) is 0 Å². The molecule has 4 heteroatoms. The fourth-order valence-electron chi connectivity index (χ4n) is 1.63. The third-order valence-electron chi connectivity index (χ3n) is 2.28. The number of carbonyl (C=O) groups excluding carboxylic acids is 1. The number of nitrogens with zero attached hydrogens (tertiary/aromatic N) is 1. The van der Waals surface area contributed by atoms with Gasteiger partial charge in [-0.15, -0.1) is 0 Å². The normalized spacial score (nSPS) is 10.4. The van der Waals surface area contributed by atoms with Crippen molar-refractivity contribution in [1.82, 2.24) is 4.57 Å². The van der Waals surface area contributed by atoms with Crippen LogP contribution in [0.4, 0.5) is 0 Å². The van der Waals surface area contributed by atoms with Gasteiger partial charge in [-0.3, -0.25) is 9.59 Å². The van der Waals surface area contributed by atoms with Crippen LogP contribution in [0.2, 0.25) is 0 Å². The van der Waals surface area contributed by atoms with Crippen molar-refractivity contribution >= 4 is 23.2 Å². The van der Waals surface area contributed by atoms with Crippen molar-refractivity contribution in [1.29, 1.82) is 0 Å². The molecule has 1 heterocycles. The van der Waals surface area contributed by atoms with E-state index in [9.17, 15) is 9.59 Å². The zero-order valence-electron chi connectivity index (χ0n) is 7.88. The minimum atomic E-state index is -0.899. The van der Waals surface area contributed by atoms with Gasteiger partial charge in [-0.25, -0.2) is 0 Å². The highest BCUT2D eigenvalue weighted by atomic mass is 16.4. The molecule has 4 nitrogen and oxygen atoms in total. The summed E-state index contributed by atoms with van der Waals surface area (Å²) in [5, 5.41) is 9.47. The molecule has 0 radical (unpaired) electrons. The maximum Gasteiger partial charge on any atom is 0.323 e. The Morgan fingerprint density at radius 3 is 2.87 bits per heavy atom. The summed E-state index contributed by atoms with van der Waals surface area (Å²) in [6.07, 6.45) is 2.44. The topological polar surface area (TPSA) is 59.3 Å². The van der Waals surface area contributed by atoms with Gasteiger partial charge in [0.05, 0.1) is 0 Å². The minimum absolute atomic E-state index is 0.0915. The van der Waals surface area contributed by atoms with Crippen LogP contribution in [-0.4, -0.2) is 21.9 Å². The SMILES string of the molecule is O=Cc1cccc2c1ccn2CC(=O)O. The summed E-state index contributed by atoms with van der Waals surface area (Å²) in [5.41, 5.74) is 1.35. The molecular weight excluding hydrogens is 194 g/mol. The third-order valence-corrected chi connectivity index (χ3v) is 2.28. The Morgan fingerprint density at radius 1 is 1.40 bits per heavy atom. The Hall–Kier alpha value is -2.10. The van der Waals surface area contributed by atoms with Gasteiger partial charge in [0.15, 0.2) is 6.29 Å². The van der Waals surface area contributed by atoms with Crippen LogP contribution in [0.1, 0.15) is 10.4 Å². The zero-order chi connectivity index (χ0) is 10.8. The summed E-state index contributed by atoms with van der Waals surface area (Å²) < 4.78 is 1.60. The zero-order valence-corrected chi connectivity index (χ0v) is 7.88. The Labute approximate surface area is 85.7 Å². The van der Waals surface area contributed by atoms with Crippen molar-refractivity contribution in [3.05, 3.63) is 36.0 Å². The Morgan fingerprint density at radius 2 is 2.20 bits per heavy atom. The molecule has 2 rings (SSSR count). The summed E-state index contributed by atoms with van der Waals surface area (Å²) in [5.74, 6) is -0.899. The monoisotopic (exact) mass is 203 g/mol. The lowest BCUT2D eigenvalue weighted by molar-refractivity contribution is -0.137. The molecule has 0 unspecified atom stereocenters. The van der Waals surface area contributed by atoms with Gasteiger partial charge in [0.1, 0.15) is 6.54 Å². The van der Waals surface area contributed by atoms with E-state index in [1.807, 2.05) is 0 Å². The highest BCUT2D eigenvalue weighted by Crippen LogP contribution is 2.18. The lowest BCUT2D eigenvalue weighted by atomic mass is 10.1. The number of aliphatic carboxylic acids is 1. The third kappa shape index (κ3) is 1.61. The molecule has 0 bridgehead atoms. The van der Waals surface area contributed by atoms with E-state index in [0.717, 1.165) is 17.2 Å². The second-order valence-electron chi connectivity index (χ2n) is 3.24. The number of hydrogen-bond acceptors (Lipinski definition) is 2. The molecule has 15 heavy (non-hydrogen) atoms. The summed E-state index contributed by atoms with van der Waals surface area (Å²) in [4.78, 5) is 21.3. The van der Waals surface area contributed by atoms with Gasteiger partial charge in [-0.05, 0) is 12.1 Å². The smallest absolute Gasteiger partial charge is 0.323 e. The minimum Gasteiger partial charge on any atom is -0.480 e. The quantitative estimate of drug-likeness (QED) is 0.769. The highest BCUT2D eigenvalue weighted by molar-refractivity contribution is 5.97. The van der Waals surface area contributed by atoms with Gasteiger partial charge in [0, 0.05) is 22.7 Å². The number of rotatable bonds is 3. The average Bonchev–Trinajstić information content (AvgIpc) is 2.61. The molecule has 1 aromatic heterocycles. The molecule has 76 valence electrons. The number of carboxylic acids is 1. The van der Waals surface area contributed by atoms with Crippen molar-refractivity contribution in [3.63, 3.8) is 0 Å². The first-order chi connectivity index (χ1) is 7.22. The standard InChI is InChI=1S/C11H9NO3/c13-7-8-2-1-3-10-9(8)4-5-12(10)6-11(14)15/h1-5,7H,6H2,(H,14,15). The first-order valence-corrected chi connectivity index (χ1v) is 4.47. The molecule has 0 saturated heterocycles. The van der Waals surface area contributed by atoms with E-state index >= 15 is 0 Å². The maximum atomic E-state index is 10.7. The van der Waals surface area contributed by atoms with Crippen molar-refractivity contribution in [2.75, 3.05) is 0 Å². The summed E-state index contributed by atoms with van der Waals surface area (Å²) in [6, 6.07) is 7.00. The Balaban J connectivity index is 2.60. The predicted octanol–water partition coefficient (Wildman–Crippen LogP) is 1.54. The summed E-state index contributed by atoms with van der Waals surface area (Å²) in [7, 11) is 0. The molecule has 0 aliphatic rings.